The summed E-state index contributed by atoms with van der Waals surface area (Å²) in [7, 11) is 0. The van der Waals surface area contributed by atoms with Gasteiger partial charge >= 0.3 is 0 Å². The monoisotopic (exact) mass is 292 g/mol. The first-order valence-electron chi connectivity index (χ1n) is 7.35. The highest BCUT2D eigenvalue weighted by Crippen LogP contribution is 2.17. The van der Waals surface area contributed by atoms with Crippen molar-refractivity contribution in [3.63, 3.8) is 0 Å². The Morgan fingerprint density at radius 1 is 1.33 bits per heavy atom. The molecule has 0 unspecified atom stereocenters. The molecule has 1 aliphatic rings. The van der Waals surface area contributed by atoms with Gasteiger partial charge in [0.15, 0.2) is 0 Å². The molecular weight excluding hydrogens is 268 g/mol. The number of aliphatic hydroxyl groups is 1. The van der Waals surface area contributed by atoms with Crippen LogP contribution in [-0.4, -0.2) is 60.1 Å². The van der Waals surface area contributed by atoms with Crippen molar-refractivity contribution >= 4 is 11.6 Å². The Balaban J connectivity index is 2.06. The molecule has 0 bridgehead atoms. The van der Waals surface area contributed by atoms with Gasteiger partial charge in [0.1, 0.15) is 0 Å². The summed E-state index contributed by atoms with van der Waals surface area (Å²) in [6.07, 6.45) is 0.938. The lowest BCUT2D eigenvalue weighted by molar-refractivity contribution is 0.0760. The molecule has 4 N–H and O–H groups in total. The normalized spacial score (nSPS) is 16.6. The molecule has 0 atom stereocenters. The lowest BCUT2D eigenvalue weighted by Gasteiger charge is -2.22. The van der Waals surface area contributed by atoms with Gasteiger partial charge in [0.25, 0.3) is 5.91 Å². The Morgan fingerprint density at radius 3 is 2.81 bits per heavy atom. The molecule has 0 radical (unpaired) electrons. The molecule has 21 heavy (non-hydrogen) atoms. The van der Waals surface area contributed by atoms with Crippen molar-refractivity contribution in [1.29, 1.82) is 0 Å². The number of rotatable bonds is 4. The van der Waals surface area contributed by atoms with Crippen LogP contribution in [0.25, 0.3) is 0 Å². The maximum Gasteiger partial charge on any atom is 0.254 e. The molecule has 1 aromatic carbocycles. The fourth-order valence-electron chi connectivity index (χ4n) is 2.70. The third kappa shape index (κ3) is 3.93. The average molecular weight is 292 g/mol. The first-order valence-corrected chi connectivity index (χ1v) is 7.35. The summed E-state index contributed by atoms with van der Waals surface area (Å²) in [6, 6.07) is 5.52. The van der Waals surface area contributed by atoms with E-state index in [4.69, 9.17) is 10.9 Å². The van der Waals surface area contributed by atoms with Crippen LogP contribution in [0.4, 0.5) is 5.69 Å². The Hall–Kier alpha value is -1.63. The summed E-state index contributed by atoms with van der Waals surface area (Å²) in [5.74, 6) is 5.45. The van der Waals surface area contributed by atoms with E-state index in [1.54, 1.807) is 0 Å². The van der Waals surface area contributed by atoms with E-state index < -0.39 is 0 Å². The molecular formula is C15H24N4O2. The number of benzene rings is 1. The van der Waals surface area contributed by atoms with Crippen molar-refractivity contribution < 1.29 is 9.90 Å². The maximum absolute atomic E-state index is 12.6. The molecule has 1 amide bonds. The molecule has 1 saturated heterocycles. The Bertz CT molecular complexity index is 493. The summed E-state index contributed by atoms with van der Waals surface area (Å²) in [5.41, 5.74) is 5.04. The number of amides is 1. The van der Waals surface area contributed by atoms with E-state index >= 15 is 0 Å². The number of hydrazine groups is 1. The number of aryl methyl sites for hydroxylation is 1. The topological polar surface area (TPSA) is 81.8 Å². The molecule has 1 aromatic rings. The van der Waals surface area contributed by atoms with E-state index in [9.17, 15) is 4.79 Å². The van der Waals surface area contributed by atoms with Crippen molar-refractivity contribution in [2.45, 2.75) is 13.3 Å². The van der Waals surface area contributed by atoms with Gasteiger partial charge in [0.2, 0.25) is 0 Å². The molecule has 1 heterocycles. The lowest BCUT2D eigenvalue weighted by Crippen LogP contribution is -2.36. The Labute approximate surface area is 125 Å². The van der Waals surface area contributed by atoms with Crippen LogP contribution in [0, 0.1) is 6.92 Å². The number of carbonyl (C=O) groups is 1. The average Bonchev–Trinajstić information content (AvgIpc) is 2.72. The Kier molecular flexibility index (Phi) is 5.55. The van der Waals surface area contributed by atoms with Gasteiger partial charge in [-0.3, -0.25) is 15.5 Å². The van der Waals surface area contributed by atoms with Gasteiger partial charge in [0.05, 0.1) is 6.61 Å². The first kappa shape index (κ1) is 15.8. The van der Waals surface area contributed by atoms with Gasteiger partial charge in [-0.15, -0.1) is 0 Å². The standard InChI is InChI=1S/C15H24N4O2/c1-12-11-13(17-16)3-4-14(12)15(21)19-6-2-5-18(7-8-19)9-10-20/h3-4,11,17,20H,2,5-10,16H2,1H3. The van der Waals surface area contributed by atoms with E-state index in [0.717, 1.165) is 42.9 Å². The van der Waals surface area contributed by atoms with Gasteiger partial charge in [-0.05, 0) is 43.7 Å². The van der Waals surface area contributed by atoms with E-state index in [0.29, 0.717) is 13.1 Å². The second-order valence-corrected chi connectivity index (χ2v) is 5.39. The van der Waals surface area contributed by atoms with E-state index in [2.05, 4.69) is 10.3 Å². The van der Waals surface area contributed by atoms with Crippen LogP contribution in [0.2, 0.25) is 0 Å². The van der Waals surface area contributed by atoms with Gasteiger partial charge in [-0.25, -0.2) is 0 Å². The van der Waals surface area contributed by atoms with Crippen LogP contribution in [-0.2, 0) is 0 Å². The minimum absolute atomic E-state index is 0.0712. The number of β-amino-alcohol motifs (C(OH)–C–C–N with tert-alkyl or cyclic N) is 1. The van der Waals surface area contributed by atoms with Gasteiger partial charge in [-0.2, -0.15) is 0 Å². The van der Waals surface area contributed by atoms with Crippen LogP contribution in [0.5, 0.6) is 0 Å². The molecule has 0 spiro atoms. The van der Waals surface area contributed by atoms with Crippen molar-refractivity contribution in [3.8, 4) is 0 Å². The number of nitrogens with zero attached hydrogens (tertiary/aromatic N) is 2. The number of nitrogen functional groups attached to an aromatic ring is 1. The minimum atomic E-state index is 0.0712. The minimum Gasteiger partial charge on any atom is -0.395 e. The molecule has 0 aliphatic carbocycles. The SMILES string of the molecule is Cc1cc(NN)ccc1C(=O)N1CCCN(CCO)CC1. The van der Waals surface area contributed by atoms with Gasteiger partial charge < -0.3 is 15.4 Å². The number of carbonyl (C=O) groups excluding carboxylic acids is 1. The number of hydrogen-bond acceptors (Lipinski definition) is 5. The zero-order valence-electron chi connectivity index (χ0n) is 12.5. The smallest absolute Gasteiger partial charge is 0.254 e. The first-order chi connectivity index (χ1) is 10.2. The predicted molar refractivity (Wildman–Crippen MR) is 83.0 cm³/mol. The summed E-state index contributed by atoms with van der Waals surface area (Å²) >= 11 is 0. The molecule has 0 saturated carbocycles. The Morgan fingerprint density at radius 2 is 2.14 bits per heavy atom. The molecule has 2 rings (SSSR count). The van der Waals surface area contributed by atoms with Crippen molar-refractivity contribution in [2.75, 3.05) is 44.8 Å². The van der Waals surface area contributed by atoms with Gasteiger partial charge in [0, 0.05) is 37.4 Å². The summed E-state index contributed by atoms with van der Waals surface area (Å²) in [5, 5.41) is 9.01. The molecule has 116 valence electrons. The highest BCUT2D eigenvalue weighted by Gasteiger charge is 2.21. The third-order valence-corrected chi connectivity index (χ3v) is 3.92. The maximum atomic E-state index is 12.6. The number of nitrogens with two attached hydrogens (primary N) is 1. The van der Waals surface area contributed by atoms with Crippen molar-refractivity contribution in [3.05, 3.63) is 29.3 Å². The number of hydrogen-bond donors (Lipinski definition) is 3. The summed E-state index contributed by atoms with van der Waals surface area (Å²) in [4.78, 5) is 16.7. The molecule has 1 aliphatic heterocycles. The summed E-state index contributed by atoms with van der Waals surface area (Å²) < 4.78 is 0. The number of aliphatic hydroxyl groups excluding tert-OH is 1. The van der Waals surface area contributed by atoms with Crippen LogP contribution < -0.4 is 11.3 Å². The van der Waals surface area contributed by atoms with E-state index in [1.165, 1.54) is 0 Å². The van der Waals surface area contributed by atoms with Crippen molar-refractivity contribution in [2.24, 2.45) is 5.84 Å². The fraction of sp³-hybridized carbons (Fsp3) is 0.533. The second kappa shape index (κ2) is 7.40. The zero-order chi connectivity index (χ0) is 15.2. The van der Waals surface area contributed by atoms with Crippen LogP contribution in [0.3, 0.4) is 0 Å². The number of anilines is 1. The number of nitrogens with one attached hydrogen (secondary N) is 1. The van der Waals surface area contributed by atoms with Gasteiger partial charge in [-0.1, -0.05) is 0 Å². The lowest BCUT2D eigenvalue weighted by atomic mass is 10.1. The highest BCUT2D eigenvalue weighted by atomic mass is 16.3. The molecule has 0 aromatic heterocycles. The quantitative estimate of drug-likeness (QED) is 0.553. The molecule has 1 fully saturated rings. The third-order valence-electron chi connectivity index (χ3n) is 3.92. The van der Waals surface area contributed by atoms with Crippen LogP contribution >= 0.6 is 0 Å². The van der Waals surface area contributed by atoms with E-state index in [-0.39, 0.29) is 12.5 Å². The molecule has 6 nitrogen and oxygen atoms in total. The second-order valence-electron chi connectivity index (χ2n) is 5.39. The van der Waals surface area contributed by atoms with Crippen LogP contribution in [0.15, 0.2) is 18.2 Å². The van der Waals surface area contributed by atoms with Crippen LogP contribution in [0.1, 0.15) is 22.3 Å². The predicted octanol–water partition coefficient (Wildman–Crippen LogP) is 0.421. The zero-order valence-corrected chi connectivity index (χ0v) is 12.5. The molecule has 6 heteroatoms. The van der Waals surface area contributed by atoms with Crippen molar-refractivity contribution in [1.82, 2.24) is 9.80 Å². The fourth-order valence-corrected chi connectivity index (χ4v) is 2.70. The highest BCUT2D eigenvalue weighted by molar-refractivity contribution is 5.96. The summed E-state index contributed by atoms with van der Waals surface area (Å²) in [6.45, 7) is 5.97. The largest absolute Gasteiger partial charge is 0.395 e. The van der Waals surface area contributed by atoms with E-state index in [1.807, 2.05) is 30.0 Å².